The number of carbonyl (C=O) groups excluding carboxylic acids is 1. The first-order valence-corrected chi connectivity index (χ1v) is 9.15. The van der Waals surface area contributed by atoms with E-state index in [2.05, 4.69) is 48.9 Å². The molecule has 0 amide bonds. The van der Waals surface area contributed by atoms with Crippen LogP contribution in [0.3, 0.4) is 0 Å². The number of hydrogen-bond donors (Lipinski definition) is 2. The first-order chi connectivity index (χ1) is 13.1. The van der Waals surface area contributed by atoms with Crippen LogP contribution >= 0.6 is 0 Å². The average molecular weight is 358 g/mol. The minimum Gasteiger partial charge on any atom is -0.323 e. The van der Waals surface area contributed by atoms with Crippen LogP contribution in [0.1, 0.15) is 39.5 Å². The zero-order valence-corrected chi connectivity index (χ0v) is 15.4. The summed E-state index contributed by atoms with van der Waals surface area (Å²) in [5, 5.41) is 14.9. The number of rotatable bonds is 3. The predicted molar refractivity (Wildman–Crippen MR) is 103 cm³/mol. The molecule has 0 bridgehead atoms. The van der Waals surface area contributed by atoms with Gasteiger partial charge >= 0.3 is 0 Å². The SMILES string of the molecule is Cc1ccc(C2CC(C(=O)c3ccccc3)NC3C(C#N)=CNN32)c(C)c1. The minimum atomic E-state index is -0.351. The Balaban J connectivity index is 1.70. The van der Waals surface area contributed by atoms with Gasteiger partial charge in [-0.3, -0.25) is 10.1 Å². The predicted octanol–water partition coefficient (Wildman–Crippen LogP) is 3.14. The van der Waals surface area contributed by atoms with Crippen molar-refractivity contribution in [1.29, 1.82) is 5.26 Å². The minimum absolute atomic E-state index is 0.00314. The topological polar surface area (TPSA) is 68.2 Å². The molecule has 136 valence electrons. The van der Waals surface area contributed by atoms with E-state index in [0.717, 1.165) is 0 Å². The number of ketones is 1. The van der Waals surface area contributed by atoms with Crippen molar-refractivity contribution in [2.75, 3.05) is 0 Å². The Morgan fingerprint density at radius 3 is 2.67 bits per heavy atom. The summed E-state index contributed by atoms with van der Waals surface area (Å²) in [6.07, 6.45) is 2.05. The van der Waals surface area contributed by atoms with Gasteiger partial charge in [0, 0.05) is 11.8 Å². The van der Waals surface area contributed by atoms with Crippen molar-refractivity contribution in [3.8, 4) is 6.07 Å². The fourth-order valence-electron chi connectivity index (χ4n) is 4.04. The Bertz CT molecular complexity index is 945. The number of benzene rings is 2. The fourth-order valence-corrected chi connectivity index (χ4v) is 4.04. The van der Waals surface area contributed by atoms with Crippen LogP contribution in [0.2, 0.25) is 0 Å². The third-order valence-corrected chi connectivity index (χ3v) is 5.38. The lowest BCUT2D eigenvalue weighted by atomic mass is 9.88. The van der Waals surface area contributed by atoms with E-state index in [9.17, 15) is 10.1 Å². The number of hydrazine groups is 1. The summed E-state index contributed by atoms with van der Waals surface area (Å²) in [6, 6.07) is 17.6. The van der Waals surface area contributed by atoms with Gasteiger partial charge in [-0.2, -0.15) is 10.3 Å². The van der Waals surface area contributed by atoms with Crippen molar-refractivity contribution in [3.63, 3.8) is 0 Å². The highest BCUT2D eigenvalue weighted by Gasteiger charge is 2.43. The molecule has 3 atom stereocenters. The highest BCUT2D eigenvalue weighted by atomic mass is 16.1. The summed E-state index contributed by atoms with van der Waals surface area (Å²) in [4.78, 5) is 13.1. The van der Waals surface area contributed by atoms with Gasteiger partial charge in [0.25, 0.3) is 0 Å². The van der Waals surface area contributed by atoms with Gasteiger partial charge < -0.3 is 5.43 Å². The maximum atomic E-state index is 13.1. The second-order valence-electron chi connectivity index (χ2n) is 7.21. The monoisotopic (exact) mass is 358 g/mol. The molecule has 0 aliphatic carbocycles. The Morgan fingerprint density at radius 2 is 1.96 bits per heavy atom. The molecule has 4 rings (SSSR count). The van der Waals surface area contributed by atoms with E-state index < -0.39 is 0 Å². The maximum Gasteiger partial charge on any atom is 0.179 e. The van der Waals surface area contributed by atoms with Crippen LogP contribution in [-0.4, -0.2) is 23.0 Å². The van der Waals surface area contributed by atoms with Gasteiger partial charge in [0.2, 0.25) is 0 Å². The Hall–Kier alpha value is -2.94. The molecule has 0 saturated carbocycles. The number of hydrogen-bond acceptors (Lipinski definition) is 5. The second kappa shape index (κ2) is 6.99. The van der Waals surface area contributed by atoms with E-state index >= 15 is 0 Å². The molecule has 2 aliphatic heterocycles. The van der Waals surface area contributed by atoms with E-state index in [1.807, 2.05) is 35.3 Å². The molecule has 1 fully saturated rings. The molecule has 27 heavy (non-hydrogen) atoms. The molecule has 2 aromatic rings. The first kappa shape index (κ1) is 17.5. The third kappa shape index (κ3) is 3.14. The lowest BCUT2D eigenvalue weighted by molar-refractivity contribution is 0.0433. The zero-order valence-electron chi connectivity index (χ0n) is 15.4. The van der Waals surface area contributed by atoms with Gasteiger partial charge in [-0.1, -0.05) is 54.1 Å². The van der Waals surface area contributed by atoms with Crippen molar-refractivity contribution < 1.29 is 4.79 Å². The fraction of sp³-hybridized carbons (Fsp3) is 0.273. The van der Waals surface area contributed by atoms with Crippen molar-refractivity contribution in [2.45, 2.75) is 38.5 Å². The van der Waals surface area contributed by atoms with Gasteiger partial charge in [0.15, 0.2) is 5.78 Å². The summed E-state index contributed by atoms with van der Waals surface area (Å²) in [6.45, 7) is 4.18. The first-order valence-electron chi connectivity index (χ1n) is 9.15. The van der Waals surface area contributed by atoms with E-state index in [-0.39, 0.29) is 24.0 Å². The summed E-state index contributed by atoms with van der Waals surface area (Å²) in [5.74, 6) is 0.0641. The molecule has 0 radical (unpaired) electrons. The van der Waals surface area contributed by atoms with E-state index in [0.29, 0.717) is 17.6 Å². The van der Waals surface area contributed by atoms with Gasteiger partial charge in [-0.15, -0.1) is 0 Å². The molecule has 2 N–H and O–H groups in total. The molecular weight excluding hydrogens is 336 g/mol. The van der Waals surface area contributed by atoms with Crippen molar-refractivity contribution in [1.82, 2.24) is 15.8 Å². The summed E-state index contributed by atoms with van der Waals surface area (Å²) < 4.78 is 0. The lowest BCUT2D eigenvalue weighted by Crippen LogP contribution is -2.60. The van der Waals surface area contributed by atoms with Crippen LogP contribution < -0.4 is 10.7 Å². The Morgan fingerprint density at radius 1 is 1.19 bits per heavy atom. The standard InChI is InChI=1S/C22H22N4O/c1-14-8-9-18(15(2)10-14)20-11-19(21(27)16-6-4-3-5-7-16)25-22-17(12-23)13-24-26(20)22/h3-10,13,19-20,22,24-25H,11H2,1-2H3. The number of aryl methyl sites for hydroxylation is 2. The summed E-state index contributed by atoms with van der Waals surface area (Å²) in [5.41, 5.74) is 8.09. The quantitative estimate of drug-likeness (QED) is 0.825. The van der Waals surface area contributed by atoms with E-state index in [4.69, 9.17) is 0 Å². The average Bonchev–Trinajstić information content (AvgIpc) is 3.10. The summed E-state index contributed by atoms with van der Waals surface area (Å²) in [7, 11) is 0. The van der Waals surface area contributed by atoms with E-state index in [1.165, 1.54) is 16.7 Å². The van der Waals surface area contributed by atoms with Gasteiger partial charge in [0.05, 0.1) is 23.7 Å². The second-order valence-corrected chi connectivity index (χ2v) is 7.21. The van der Waals surface area contributed by atoms with E-state index in [1.54, 1.807) is 6.20 Å². The third-order valence-electron chi connectivity index (χ3n) is 5.38. The lowest BCUT2D eigenvalue weighted by Gasteiger charge is -2.42. The molecule has 3 unspecified atom stereocenters. The molecule has 2 aliphatic rings. The molecule has 2 aromatic carbocycles. The highest BCUT2D eigenvalue weighted by molar-refractivity contribution is 6.00. The van der Waals surface area contributed by atoms with Crippen LogP contribution in [0.5, 0.6) is 0 Å². The molecule has 5 nitrogen and oxygen atoms in total. The Labute approximate surface area is 159 Å². The van der Waals surface area contributed by atoms with Crippen molar-refractivity contribution in [2.24, 2.45) is 0 Å². The van der Waals surface area contributed by atoms with Crippen molar-refractivity contribution in [3.05, 3.63) is 82.6 Å². The molecule has 0 spiro atoms. The normalized spacial score (nSPS) is 24.5. The molecule has 1 saturated heterocycles. The van der Waals surface area contributed by atoms with Crippen LogP contribution in [0, 0.1) is 25.2 Å². The zero-order chi connectivity index (χ0) is 19.0. The van der Waals surface area contributed by atoms with Crippen LogP contribution in [0.15, 0.2) is 60.3 Å². The molecular formula is C22H22N4O. The number of nitrogens with one attached hydrogen (secondary N) is 2. The number of fused-ring (bicyclic) bond motifs is 1. The number of nitrogens with zero attached hydrogens (tertiary/aromatic N) is 2. The van der Waals surface area contributed by atoms with Crippen LogP contribution in [-0.2, 0) is 0 Å². The molecule has 5 heteroatoms. The molecule has 0 aromatic heterocycles. The molecule has 2 heterocycles. The smallest absolute Gasteiger partial charge is 0.179 e. The summed E-state index contributed by atoms with van der Waals surface area (Å²) >= 11 is 0. The van der Waals surface area contributed by atoms with Crippen LogP contribution in [0.4, 0.5) is 0 Å². The Kier molecular flexibility index (Phi) is 4.53. The van der Waals surface area contributed by atoms with Crippen LogP contribution in [0.25, 0.3) is 0 Å². The number of carbonyl (C=O) groups is 1. The maximum absolute atomic E-state index is 13.1. The highest BCUT2D eigenvalue weighted by Crippen LogP contribution is 2.36. The van der Waals surface area contributed by atoms with Gasteiger partial charge in [-0.25, -0.2) is 0 Å². The van der Waals surface area contributed by atoms with Gasteiger partial charge in [-0.05, 0) is 31.4 Å². The number of Topliss-reactive ketones (excluding diaryl/α,β-unsaturated/α-hetero) is 1. The van der Waals surface area contributed by atoms with Gasteiger partial charge in [0.1, 0.15) is 6.17 Å². The largest absolute Gasteiger partial charge is 0.323 e. The number of nitriles is 1. The van der Waals surface area contributed by atoms with Crippen molar-refractivity contribution >= 4 is 5.78 Å².